The molecule has 6 nitrogen and oxygen atoms in total. The second-order valence-electron chi connectivity index (χ2n) is 5.23. The molecule has 6 heteroatoms. The van der Waals surface area contributed by atoms with E-state index in [0.717, 1.165) is 6.42 Å². The predicted molar refractivity (Wildman–Crippen MR) is 68.5 cm³/mol. The lowest BCUT2D eigenvalue weighted by atomic mass is 10.1. The van der Waals surface area contributed by atoms with Crippen molar-refractivity contribution >= 4 is 11.9 Å². The van der Waals surface area contributed by atoms with Crippen LogP contribution in [0.1, 0.15) is 51.0 Å². The Morgan fingerprint density at radius 3 is 2.63 bits per heavy atom. The molecule has 0 radical (unpaired) electrons. The molecule has 0 saturated heterocycles. The fourth-order valence-electron chi connectivity index (χ4n) is 1.47. The molecule has 0 aliphatic carbocycles. The summed E-state index contributed by atoms with van der Waals surface area (Å²) in [4.78, 5) is 23.8. The third-order valence-electron chi connectivity index (χ3n) is 2.24. The Hall–Kier alpha value is -1.85. The van der Waals surface area contributed by atoms with Crippen molar-refractivity contribution in [3.8, 4) is 0 Å². The number of hydrogen-bond donors (Lipinski definition) is 1. The molecule has 0 bridgehead atoms. The minimum atomic E-state index is -0.673. The van der Waals surface area contributed by atoms with E-state index in [1.165, 1.54) is 12.3 Å². The van der Waals surface area contributed by atoms with Crippen LogP contribution in [0.4, 0.5) is 0 Å². The molecule has 0 fully saturated rings. The first kappa shape index (κ1) is 15.2. The molecule has 19 heavy (non-hydrogen) atoms. The summed E-state index contributed by atoms with van der Waals surface area (Å²) >= 11 is 0. The SMILES string of the molecule is CCC[C@@H](NC(=O)c1ccon1)C(=O)OC(C)(C)C. The monoisotopic (exact) mass is 268 g/mol. The third kappa shape index (κ3) is 5.11. The summed E-state index contributed by atoms with van der Waals surface area (Å²) < 4.78 is 9.86. The summed E-state index contributed by atoms with van der Waals surface area (Å²) in [5, 5.41) is 6.13. The summed E-state index contributed by atoms with van der Waals surface area (Å²) in [5.41, 5.74) is -0.438. The molecule has 1 heterocycles. The van der Waals surface area contributed by atoms with Crippen LogP contribution < -0.4 is 5.32 Å². The molecular weight excluding hydrogens is 248 g/mol. The quantitative estimate of drug-likeness (QED) is 0.825. The Morgan fingerprint density at radius 2 is 2.16 bits per heavy atom. The number of amides is 1. The minimum absolute atomic E-state index is 0.143. The Balaban J connectivity index is 2.67. The van der Waals surface area contributed by atoms with Gasteiger partial charge in [0.25, 0.3) is 5.91 Å². The molecule has 106 valence electrons. The maximum Gasteiger partial charge on any atom is 0.329 e. The van der Waals surface area contributed by atoms with E-state index in [2.05, 4.69) is 15.0 Å². The van der Waals surface area contributed by atoms with Crippen molar-refractivity contribution in [3.05, 3.63) is 18.0 Å². The standard InChI is InChI=1S/C13H20N2O4/c1-5-6-10(12(17)19-13(2,3)4)14-11(16)9-7-8-18-15-9/h7-8,10H,5-6H2,1-4H3,(H,14,16)/t10-/m1/s1. The van der Waals surface area contributed by atoms with E-state index >= 15 is 0 Å². The molecule has 0 aliphatic heterocycles. The number of aromatic nitrogens is 1. The number of nitrogens with zero attached hydrogens (tertiary/aromatic N) is 1. The number of nitrogens with one attached hydrogen (secondary N) is 1. The Kier molecular flexibility index (Phi) is 5.09. The summed E-state index contributed by atoms with van der Waals surface area (Å²) in [6, 6.07) is 0.765. The Morgan fingerprint density at radius 1 is 1.47 bits per heavy atom. The van der Waals surface area contributed by atoms with Crippen molar-refractivity contribution in [2.75, 3.05) is 0 Å². The zero-order valence-corrected chi connectivity index (χ0v) is 11.7. The number of carbonyl (C=O) groups excluding carboxylic acids is 2. The van der Waals surface area contributed by atoms with Gasteiger partial charge in [-0.15, -0.1) is 0 Å². The Labute approximate surface area is 112 Å². The smallest absolute Gasteiger partial charge is 0.329 e. The number of ether oxygens (including phenoxy) is 1. The van der Waals surface area contributed by atoms with Gasteiger partial charge in [0.1, 0.15) is 17.9 Å². The minimum Gasteiger partial charge on any atom is -0.458 e. The second-order valence-corrected chi connectivity index (χ2v) is 5.23. The normalized spacial score (nSPS) is 12.8. The van der Waals surface area contributed by atoms with Crippen LogP contribution in [0.3, 0.4) is 0 Å². The third-order valence-corrected chi connectivity index (χ3v) is 2.24. The molecule has 0 aliphatic rings. The second kappa shape index (κ2) is 6.36. The first-order valence-electron chi connectivity index (χ1n) is 6.27. The van der Waals surface area contributed by atoms with E-state index in [-0.39, 0.29) is 5.69 Å². The van der Waals surface area contributed by atoms with E-state index in [1.54, 1.807) is 20.8 Å². The van der Waals surface area contributed by atoms with Crippen LogP contribution in [0.25, 0.3) is 0 Å². The van der Waals surface area contributed by atoms with E-state index < -0.39 is 23.5 Å². The van der Waals surface area contributed by atoms with E-state index in [0.29, 0.717) is 6.42 Å². The molecule has 0 spiro atoms. The number of carbonyl (C=O) groups is 2. The van der Waals surface area contributed by atoms with Gasteiger partial charge >= 0.3 is 5.97 Å². The first-order chi connectivity index (χ1) is 8.83. The fraction of sp³-hybridized carbons (Fsp3) is 0.615. The Bertz CT molecular complexity index is 420. The lowest BCUT2D eigenvalue weighted by molar-refractivity contribution is -0.157. The molecule has 1 N–H and O–H groups in total. The summed E-state index contributed by atoms with van der Waals surface area (Å²) in [5.74, 6) is -0.885. The zero-order chi connectivity index (χ0) is 14.5. The van der Waals surface area contributed by atoms with Gasteiger partial charge in [-0.1, -0.05) is 18.5 Å². The molecule has 1 rings (SSSR count). The molecule has 1 aromatic rings. The average molecular weight is 268 g/mol. The van der Waals surface area contributed by atoms with Crippen molar-refractivity contribution in [3.63, 3.8) is 0 Å². The first-order valence-corrected chi connectivity index (χ1v) is 6.27. The van der Waals surface area contributed by atoms with Gasteiger partial charge in [0.2, 0.25) is 0 Å². The van der Waals surface area contributed by atoms with Gasteiger partial charge in [0, 0.05) is 6.07 Å². The lowest BCUT2D eigenvalue weighted by Crippen LogP contribution is -2.44. The van der Waals surface area contributed by atoms with E-state index in [9.17, 15) is 9.59 Å². The van der Waals surface area contributed by atoms with Gasteiger partial charge in [0.05, 0.1) is 0 Å². The van der Waals surface area contributed by atoms with Gasteiger partial charge in [-0.25, -0.2) is 4.79 Å². The van der Waals surface area contributed by atoms with Crippen LogP contribution in [0.15, 0.2) is 16.9 Å². The van der Waals surface area contributed by atoms with Crippen molar-refractivity contribution in [1.82, 2.24) is 10.5 Å². The van der Waals surface area contributed by atoms with Crippen molar-refractivity contribution in [1.29, 1.82) is 0 Å². The maximum atomic E-state index is 12.0. The van der Waals surface area contributed by atoms with Crippen molar-refractivity contribution in [2.24, 2.45) is 0 Å². The molecule has 1 atom stereocenters. The maximum absolute atomic E-state index is 12.0. The van der Waals surface area contributed by atoms with Gasteiger partial charge < -0.3 is 14.6 Å². The number of hydrogen-bond acceptors (Lipinski definition) is 5. The predicted octanol–water partition coefficient (Wildman–Crippen LogP) is 1.91. The van der Waals surface area contributed by atoms with Crippen LogP contribution in [0.5, 0.6) is 0 Å². The zero-order valence-electron chi connectivity index (χ0n) is 11.7. The van der Waals surface area contributed by atoms with Gasteiger partial charge in [-0.3, -0.25) is 4.79 Å². The van der Waals surface area contributed by atoms with Gasteiger partial charge in [-0.05, 0) is 27.2 Å². The molecule has 1 amide bonds. The topological polar surface area (TPSA) is 81.4 Å². The lowest BCUT2D eigenvalue weighted by Gasteiger charge is -2.24. The number of rotatable bonds is 5. The van der Waals surface area contributed by atoms with Crippen LogP contribution in [0.2, 0.25) is 0 Å². The highest BCUT2D eigenvalue weighted by Crippen LogP contribution is 2.11. The largest absolute Gasteiger partial charge is 0.458 e. The molecule has 0 aromatic carbocycles. The van der Waals surface area contributed by atoms with Gasteiger partial charge in [0.15, 0.2) is 5.69 Å². The molecule has 0 saturated carbocycles. The number of esters is 1. The van der Waals surface area contributed by atoms with E-state index in [4.69, 9.17) is 4.74 Å². The highest BCUT2D eigenvalue weighted by atomic mass is 16.6. The summed E-state index contributed by atoms with van der Waals surface area (Å²) in [6.07, 6.45) is 2.57. The van der Waals surface area contributed by atoms with Crippen LogP contribution in [0, 0.1) is 0 Å². The van der Waals surface area contributed by atoms with Crippen LogP contribution >= 0.6 is 0 Å². The van der Waals surface area contributed by atoms with Crippen LogP contribution in [-0.4, -0.2) is 28.7 Å². The molecular formula is C13H20N2O4. The van der Waals surface area contributed by atoms with E-state index in [1.807, 2.05) is 6.92 Å². The van der Waals surface area contributed by atoms with Gasteiger partial charge in [-0.2, -0.15) is 0 Å². The van der Waals surface area contributed by atoms with Crippen LogP contribution in [-0.2, 0) is 9.53 Å². The summed E-state index contributed by atoms with van der Waals surface area (Å²) in [6.45, 7) is 7.29. The molecule has 0 unspecified atom stereocenters. The van der Waals surface area contributed by atoms with Crippen molar-refractivity contribution in [2.45, 2.75) is 52.2 Å². The highest BCUT2D eigenvalue weighted by Gasteiger charge is 2.26. The highest BCUT2D eigenvalue weighted by molar-refractivity contribution is 5.95. The van der Waals surface area contributed by atoms with Crippen molar-refractivity contribution < 1.29 is 18.8 Å². The fourth-order valence-corrected chi connectivity index (χ4v) is 1.47. The molecule has 1 aromatic heterocycles. The summed E-state index contributed by atoms with van der Waals surface area (Å²) in [7, 11) is 0. The average Bonchev–Trinajstić information content (AvgIpc) is 2.79.